The van der Waals surface area contributed by atoms with Crippen molar-refractivity contribution in [2.75, 3.05) is 38.1 Å². The molecular formula is C21H22N4O6S. The van der Waals surface area contributed by atoms with E-state index in [-0.39, 0.29) is 29.1 Å². The summed E-state index contributed by atoms with van der Waals surface area (Å²) >= 11 is 1.38. The van der Waals surface area contributed by atoms with Gasteiger partial charge in [-0.1, -0.05) is 6.07 Å². The van der Waals surface area contributed by atoms with E-state index >= 15 is 0 Å². The SMILES string of the molecule is O=C(OCC(=O)N1CCN(C(=O)c2cccs2)CC1)c1ccc(NC2CC2)c([N+](=O)[O-])c1. The van der Waals surface area contributed by atoms with Crippen molar-refractivity contribution in [3.05, 3.63) is 56.3 Å². The summed E-state index contributed by atoms with van der Waals surface area (Å²) in [7, 11) is 0. The molecule has 0 unspecified atom stereocenters. The van der Waals surface area contributed by atoms with E-state index in [1.807, 2.05) is 11.4 Å². The number of nitro benzene ring substituents is 1. The first-order chi connectivity index (χ1) is 15.4. The highest BCUT2D eigenvalue weighted by Crippen LogP contribution is 2.31. The Bertz CT molecular complexity index is 1030. The molecule has 168 valence electrons. The van der Waals surface area contributed by atoms with Gasteiger partial charge in [0.05, 0.1) is 15.4 Å². The minimum absolute atomic E-state index is 0.0113. The molecule has 1 aliphatic heterocycles. The Hall–Kier alpha value is -3.47. The van der Waals surface area contributed by atoms with Gasteiger partial charge < -0.3 is 19.9 Å². The number of esters is 1. The van der Waals surface area contributed by atoms with Gasteiger partial charge in [0.2, 0.25) is 0 Å². The molecule has 11 heteroatoms. The van der Waals surface area contributed by atoms with E-state index in [1.54, 1.807) is 11.0 Å². The normalized spacial score (nSPS) is 15.9. The molecule has 4 rings (SSSR count). The number of amides is 2. The van der Waals surface area contributed by atoms with Crippen molar-refractivity contribution < 1.29 is 24.0 Å². The summed E-state index contributed by atoms with van der Waals surface area (Å²) in [4.78, 5) is 51.8. The summed E-state index contributed by atoms with van der Waals surface area (Å²) in [5.41, 5.74) is 0.168. The molecule has 0 bridgehead atoms. The lowest BCUT2D eigenvalue weighted by Crippen LogP contribution is -2.51. The molecule has 32 heavy (non-hydrogen) atoms. The van der Waals surface area contributed by atoms with Crippen molar-refractivity contribution in [1.82, 2.24) is 9.80 Å². The predicted octanol–water partition coefficient (Wildman–Crippen LogP) is 2.37. The van der Waals surface area contributed by atoms with Crippen LogP contribution < -0.4 is 5.32 Å². The molecule has 1 aromatic carbocycles. The van der Waals surface area contributed by atoms with Crippen molar-refractivity contribution in [1.29, 1.82) is 0 Å². The molecule has 2 aromatic rings. The Kier molecular flexibility index (Phi) is 6.35. The molecule has 0 radical (unpaired) electrons. The number of rotatable bonds is 7. The van der Waals surface area contributed by atoms with Gasteiger partial charge in [-0.2, -0.15) is 0 Å². The van der Waals surface area contributed by atoms with Crippen molar-refractivity contribution in [2.45, 2.75) is 18.9 Å². The Morgan fingerprint density at radius 2 is 1.84 bits per heavy atom. The maximum atomic E-state index is 12.4. The molecule has 2 heterocycles. The van der Waals surface area contributed by atoms with Crippen LogP contribution in [0.4, 0.5) is 11.4 Å². The summed E-state index contributed by atoms with van der Waals surface area (Å²) in [6.07, 6.45) is 1.92. The number of anilines is 1. The lowest BCUT2D eigenvalue weighted by atomic mass is 10.1. The van der Waals surface area contributed by atoms with Crippen molar-refractivity contribution in [3.63, 3.8) is 0 Å². The van der Waals surface area contributed by atoms with E-state index in [4.69, 9.17) is 4.74 Å². The number of carbonyl (C=O) groups is 3. The van der Waals surface area contributed by atoms with Gasteiger partial charge in [-0.05, 0) is 36.4 Å². The zero-order valence-electron chi connectivity index (χ0n) is 17.2. The van der Waals surface area contributed by atoms with E-state index in [1.165, 1.54) is 28.4 Å². The van der Waals surface area contributed by atoms with Gasteiger partial charge in [0.15, 0.2) is 6.61 Å². The van der Waals surface area contributed by atoms with E-state index in [0.29, 0.717) is 36.7 Å². The number of benzene rings is 1. The lowest BCUT2D eigenvalue weighted by Gasteiger charge is -2.34. The molecular weight excluding hydrogens is 436 g/mol. The van der Waals surface area contributed by atoms with Crippen LogP contribution in [-0.4, -0.2) is 71.3 Å². The molecule has 0 spiro atoms. The Morgan fingerprint density at radius 3 is 2.47 bits per heavy atom. The summed E-state index contributed by atoms with van der Waals surface area (Å²) in [5, 5.41) is 16.3. The molecule has 0 atom stereocenters. The van der Waals surface area contributed by atoms with Crippen LogP contribution in [0, 0.1) is 10.1 Å². The number of thiophene rings is 1. The van der Waals surface area contributed by atoms with Gasteiger partial charge in [-0.15, -0.1) is 11.3 Å². The summed E-state index contributed by atoms with van der Waals surface area (Å²) in [5.74, 6) is -1.23. The fraction of sp³-hybridized carbons (Fsp3) is 0.381. The number of ether oxygens (including phenoxy) is 1. The number of nitro groups is 1. The fourth-order valence-corrected chi connectivity index (χ4v) is 4.09. The highest BCUT2D eigenvalue weighted by atomic mass is 32.1. The Balaban J connectivity index is 1.28. The second kappa shape index (κ2) is 9.35. The van der Waals surface area contributed by atoms with Gasteiger partial charge in [0.1, 0.15) is 5.69 Å². The van der Waals surface area contributed by atoms with E-state index < -0.39 is 17.5 Å². The zero-order valence-corrected chi connectivity index (χ0v) is 18.0. The molecule has 1 saturated carbocycles. The third-order valence-corrected chi connectivity index (χ3v) is 6.20. The summed E-state index contributed by atoms with van der Waals surface area (Å²) < 4.78 is 5.09. The molecule has 2 amide bonds. The highest BCUT2D eigenvalue weighted by Gasteiger charge is 2.27. The average molecular weight is 458 g/mol. The van der Waals surface area contributed by atoms with Gasteiger partial charge in [-0.25, -0.2) is 4.79 Å². The second-order valence-electron chi connectivity index (χ2n) is 7.63. The number of hydrogen-bond donors (Lipinski definition) is 1. The number of hydrogen-bond acceptors (Lipinski definition) is 8. The van der Waals surface area contributed by atoms with Crippen LogP contribution in [-0.2, 0) is 9.53 Å². The number of nitrogens with one attached hydrogen (secondary N) is 1. The first-order valence-corrected chi connectivity index (χ1v) is 11.1. The molecule has 2 fully saturated rings. The number of carbonyl (C=O) groups excluding carboxylic acids is 3. The summed E-state index contributed by atoms with van der Waals surface area (Å²) in [6.45, 7) is 1.03. The molecule has 1 aromatic heterocycles. The van der Waals surface area contributed by atoms with Crippen molar-refractivity contribution >= 4 is 40.5 Å². The van der Waals surface area contributed by atoms with Crippen LogP contribution >= 0.6 is 11.3 Å². The van der Waals surface area contributed by atoms with E-state index in [0.717, 1.165) is 18.9 Å². The van der Waals surface area contributed by atoms with Crippen LogP contribution in [0.5, 0.6) is 0 Å². The number of piperazine rings is 1. The van der Waals surface area contributed by atoms with Crippen LogP contribution in [0.15, 0.2) is 35.7 Å². The molecule has 1 N–H and O–H groups in total. The topological polar surface area (TPSA) is 122 Å². The first-order valence-electron chi connectivity index (χ1n) is 10.2. The van der Waals surface area contributed by atoms with Crippen LogP contribution in [0.25, 0.3) is 0 Å². The minimum atomic E-state index is -0.800. The third kappa shape index (κ3) is 5.05. The van der Waals surface area contributed by atoms with Crippen molar-refractivity contribution in [2.24, 2.45) is 0 Å². The Labute approximate surface area is 187 Å². The maximum absolute atomic E-state index is 12.4. The quantitative estimate of drug-likeness (QED) is 0.384. The second-order valence-corrected chi connectivity index (χ2v) is 8.58. The lowest BCUT2D eigenvalue weighted by molar-refractivity contribution is -0.384. The number of nitrogens with zero attached hydrogens (tertiary/aromatic N) is 3. The Morgan fingerprint density at radius 1 is 1.12 bits per heavy atom. The highest BCUT2D eigenvalue weighted by molar-refractivity contribution is 7.12. The minimum Gasteiger partial charge on any atom is -0.452 e. The molecule has 1 aliphatic carbocycles. The molecule has 2 aliphatic rings. The van der Waals surface area contributed by atoms with Gasteiger partial charge >= 0.3 is 5.97 Å². The van der Waals surface area contributed by atoms with Crippen LogP contribution in [0.2, 0.25) is 0 Å². The third-order valence-electron chi connectivity index (χ3n) is 5.35. The van der Waals surface area contributed by atoms with Gasteiger partial charge in [0.25, 0.3) is 17.5 Å². The smallest absolute Gasteiger partial charge is 0.338 e. The first kappa shape index (κ1) is 21.8. The summed E-state index contributed by atoms with van der Waals surface area (Å²) in [6, 6.07) is 7.90. The van der Waals surface area contributed by atoms with Crippen LogP contribution in [0.1, 0.15) is 32.9 Å². The predicted molar refractivity (Wildman–Crippen MR) is 117 cm³/mol. The zero-order chi connectivity index (χ0) is 22.7. The molecule has 10 nitrogen and oxygen atoms in total. The average Bonchev–Trinajstić information content (AvgIpc) is 3.45. The van der Waals surface area contributed by atoms with Crippen molar-refractivity contribution in [3.8, 4) is 0 Å². The van der Waals surface area contributed by atoms with Crippen LogP contribution in [0.3, 0.4) is 0 Å². The fourth-order valence-electron chi connectivity index (χ4n) is 3.40. The standard InChI is InChI=1S/C21H22N4O6S/c26-19(23-7-9-24(10-8-23)20(27)18-2-1-11-32-18)13-31-21(28)14-3-6-16(22-15-4-5-15)17(12-14)25(29)30/h1-3,6,11-12,15,22H,4-5,7-10,13H2. The molecule has 1 saturated heterocycles. The largest absolute Gasteiger partial charge is 0.452 e. The van der Waals surface area contributed by atoms with E-state index in [2.05, 4.69) is 5.32 Å². The maximum Gasteiger partial charge on any atom is 0.338 e. The van der Waals surface area contributed by atoms with Gasteiger partial charge in [-0.3, -0.25) is 19.7 Å². The van der Waals surface area contributed by atoms with E-state index in [9.17, 15) is 24.5 Å². The van der Waals surface area contributed by atoms with Gasteiger partial charge in [0, 0.05) is 38.3 Å². The monoisotopic (exact) mass is 458 g/mol.